The Labute approximate surface area is 116 Å². The summed E-state index contributed by atoms with van der Waals surface area (Å²) in [5, 5.41) is 10.1. The molecular weight excluding hydrogens is 298 g/mol. The summed E-state index contributed by atoms with van der Waals surface area (Å²) in [5.74, 6) is -0.758. The third-order valence-corrected chi connectivity index (χ3v) is 2.89. The molecule has 0 aliphatic rings. The summed E-state index contributed by atoms with van der Waals surface area (Å²) in [6.45, 7) is 0. The summed E-state index contributed by atoms with van der Waals surface area (Å²) in [7, 11) is 0. The van der Waals surface area contributed by atoms with E-state index in [1.165, 1.54) is 12.1 Å². The number of hydrogen-bond acceptors (Lipinski definition) is 2. The number of aliphatic hydroxyl groups excluding tert-OH is 1. The Morgan fingerprint density at radius 1 is 1.15 bits per heavy atom. The number of halogens is 5. The molecule has 1 aromatic carbocycles. The Morgan fingerprint density at radius 3 is 2.35 bits per heavy atom. The topological polar surface area (TPSA) is 33.1 Å². The SMILES string of the molecule is OC(c1ccc(C(F)(F)F)cn1)c1ccc(Cl)cc1F. The third kappa shape index (κ3) is 3.08. The normalized spacial score (nSPS) is 13.3. The highest BCUT2D eigenvalue weighted by atomic mass is 35.5. The van der Waals surface area contributed by atoms with E-state index in [9.17, 15) is 22.7 Å². The van der Waals surface area contributed by atoms with Crippen molar-refractivity contribution in [1.82, 2.24) is 4.98 Å². The van der Waals surface area contributed by atoms with E-state index in [-0.39, 0.29) is 16.3 Å². The lowest BCUT2D eigenvalue weighted by Gasteiger charge is -2.13. The number of aromatic nitrogens is 1. The molecule has 0 amide bonds. The van der Waals surface area contributed by atoms with Crippen LogP contribution in [0.15, 0.2) is 36.5 Å². The molecule has 20 heavy (non-hydrogen) atoms. The fourth-order valence-electron chi connectivity index (χ4n) is 1.62. The predicted molar refractivity (Wildman–Crippen MR) is 64.7 cm³/mol. The highest BCUT2D eigenvalue weighted by Crippen LogP contribution is 2.30. The largest absolute Gasteiger partial charge is 0.417 e. The molecule has 1 unspecified atom stereocenters. The van der Waals surface area contributed by atoms with Gasteiger partial charge in [-0.05, 0) is 24.3 Å². The van der Waals surface area contributed by atoms with Gasteiger partial charge in [-0.1, -0.05) is 17.7 Å². The summed E-state index contributed by atoms with van der Waals surface area (Å²) in [6.07, 6.45) is -5.39. The molecule has 0 saturated heterocycles. The van der Waals surface area contributed by atoms with Gasteiger partial charge >= 0.3 is 6.18 Å². The zero-order valence-corrected chi connectivity index (χ0v) is 10.6. The first-order chi connectivity index (χ1) is 9.29. The van der Waals surface area contributed by atoms with E-state index in [1.807, 2.05) is 0 Å². The fourth-order valence-corrected chi connectivity index (χ4v) is 1.78. The fraction of sp³-hybridized carbons (Fsp3) is 0.154. The van der Waals surface area contributed by atoms with Gasteiger partial charge in [-0.15, -0.1) is 0 Å². The van der Waals surface area contributed by atoms with E-state index in [0.29, 0.717) is 6.20 Å². The van der Waals surface area contributed by atoms with Crippen LogP contribution >= 0.6 is 11.6 Å². The first-order valence-electron chi connectivity index (χ1n) is 5.45. The minimum absolute atomic E-state index is 0.0841. The number of benzene rings is 1. The second kappa shape index (κ2) is 5.38. The Bertz CT molecular complexity index is 613. The van der Waals surface area contributed by atoms with Crippen molar-refractivity contribution in [1.29, 1.82) is 0 Å². The van der Waals surface area contributed by atoms with E-state index < -0.39 is 23.7 Å². The van der Waals surface area contributed by atoms with Crippen LogP contribution in [0.4, 0.5) is 17.6 Å². The Hall–Kier alpha value is -1.66. The van der Waals surface area contributed by atoms with Gasteiger partial charge < -0.3 is 5.11 Å². The van der Waals surface area contributed by atoms with Gasteiger partial charge in [0.15, 0.2) is 0 Å². The summed E-state index contributed by atoms with van der Waals surface area (Å²) in [6, 6.07) is 5.40. The predicted octanol–water partition coefficient (Wildman–Crippen LogP) is 3.97. The Balaban J connectivity index is 2.31. The van der Waals surface area contributed by atoms with Crippen molar-refractivity contribution in [2.24, 2.45) is 0 Å². The quantitative estimate of drug-likeness (QED) is 0.852. The molecule has 0 saturated carbocycles. The molecule has 0 fully saturated rings. The molecule has 7 heteroatoms. The summed E-state index contributed by atoms with van der Waals surface area (Å²) in [5.41, 5.74) is -1.13. The average molecular weight is 306 g/mol. The van der Waals surface area contributed by atoms with Crippen molar-refractivity contribution in [3.8, 4) is 0 Å². The molecule has 0 bridgehead atoms. The highest BCUT2D eigenvalue weighted by Gasteiger charge is 2.31. The van der Waals surface area contributed by atoms with Gasteiger partial charge in [-0.3, -0.25) is 4.98 Å². The van der Waals surface area contributed by atoms with E-state index in [1.54, 1.807) is 0 Å². The van der Waals surface area contributed by atoms with Crippen LogP contribution in [0.3, 0.4) is 0 Å². The third-order valence-electron chi connectivity index (χ3n) is 2.65. The van der Waals surface area contributed by atoms with Crippen molar-refractivity contribution in [2.45, 2.75) is 12.3 Å². The molecule has 2 rings (SSSR count). The van der Waals surface area contributed by atoms with Crippen LogP contribution in [0.2, 0.25) is 5.02 Å². The number of hydrogen-bond donors (Lipinski definition) is 1. The van der Waals surface area contributed by atoms with Crippen molar-refractivity contribution in [2.75, 3.05) is 0 Å². The van der Waals surface area contributed by atoms with Crippen LogP contribution in [0.1, 0.15) is 22.9 Å². The molecule has 1 aromatic heterocycles. The van der Waals surface area contributed by atoms with Gasteiger partial charge in [0.25, 0.3) is 0 Å². The summed E-state index contributed by atoms with van der Waals surface area (Å²) >= 11 is 5.58. The van der Waals surface area contributed by atoms with Gasteiger partial charge in [0.1, 0.15) is 11.9 Å². The Morgan fingerprint density at radius 2 is 1.85 bits per heavy atom. The van der Waals surface area contributed by atoms with Gasteiger partial charge in [0.05, 0.1) is 11.3 Å². The molecule has 0 aliphatic carbocycles. The maximum absolute atomic E-state index is 13.6. The van der Waals surface area contributed by atoms with Gasteiger partial charge in [-0.25, -0.2) is 4.39 Å². The lowest BCUT2D eigenvalue weighted by Crippen LogP contribution is -2.09. The van der Waals surface area contributed by atoms with Crippen LogP contribution in [-0.4, -0.2) is 10.1 Å². The first-order valence-corrected chi connectivity index (χ1v) is 5.83. The van der Waals surface area contributed by atoms with Crippen molar-refractivity contribution < 1.29 is 22.7 Å². The molecule has 2 aromatic rings. The van der Waals surface area contributed by atoms with Gasteiger partial charge in [0, 0.05) is 16.8 Å². The zero-order valence-electron chi connectivity index (χ0n) is 9.83. The number of alkyl halides is 3. The lowest BCUT2D eigenvalue weighted by atomic mass is 10.0. The summed E-state index contributed by atoms with van der Waals surface area (Å²) < 4.78 is 50.7. The molecule has 0 radical (unpaired) electrons. The van der Waals surface area contributed by atoms with Crippen molar-refractivity contribution >= 4 is 11.6 Å². The molecule has 2 nitrogen and oxygen atoms in total. The van der Waals surface area contributed by atoms with Gasteiger partial charge in [-0.2, -0.15) is 13.2 Å². The van der Waals surface area contributed by atoms with E-state index >= 15 is 0 Å². The number of nitrogens with zero attached hydrogens (tertiary/aromatic N) is 1. The number of pyridine rings is 1. The van der Waals surface area contributed by atoms with Crippen LogP contribution in [-0.2, 0) is 6.18 Å². The molecular formula is C13H8ClF4NO. The maximum atomic E-state index is 13.6. The standard InChI is InChI=1S/C13H8ClF4NO/c14-8-2-3-9(10(15)5-8)12(20)11-4-1-7(6-19-11)13(16,17)18/h1-6,12,20H. The maximum Gasteiger partial charge on any atom is 0.417 e. The summed E-state index contributed by atoms with van der Waals surface area (Å²) in [4.78, 5) is 3.52. The van der Waals surface area contributed by atoms with E-state index in [4.69, 9.17) is 11.6 Å². The average Bonchev–Trinajstić information content (AvgIpc) is 2.37. The van der Waals surface area contributed by atoms with Crippen LogP contribution < -0.4 is 0 Å². The highest BCUT2D eigenvalue weighted by molar-refractivity contribution is 6.30. The second-order valence-electron chi connectivity index (χ2n) is 4.04. The van der Waals surface area contributed by atoms with Crippen LogP contribution in [0.5, 0.6) is 0 Å². The van der Waals surface area contributed by atoms with Crippen molar-refractivity contribution in [3.63, 3.8) is 0 Å². The zero-order chi connectivity index (χ0) is 14.9. The van der Waals surface area contributed by atoms with Crippen LogP contribution in [0, 0.1) is 5.82 Å². The minimum Gasteiger partial charge on any atom is -0.382 e. The van der Waals surface area contributed by atoms with Gasteiger partial charge in [0.2, 0.25) is 0 Å². The molecule has 0 aliphatic heterocycles. The monoisotopic (exact) mass is 305 g/mol. The van der Waals surface area contributed by atoms with E-state index in [0.717, 1.165) is 18.2 Å². The number of rotatable bonds is 2. The number of aliphatic hydroxyl groups is 1. The van der Waals surface area contributed by atoms with E-state index in [2.05, 4.69) is 4.98 Å². The molecule has 1 atom stereocenters. The first kappa shape index (κ1) is 14.7. The van der Waals surface area contributed by atoms with Crippen LogP contribution in [0.25, 0.3) is 0 Å². The molecule has 1 heterocycles. The molecule has 106 valence electrons. The second-order valence-corrected chi connectivity index (χ2v) is 4.47. The smallest absolute Gasteiger partial charge is 0.382 e. The molecule has 0 spiro atoms. The molecule has 1 N–H and O–H groups in total. The lowest BCUT2D eigenvalue weighted by molar-refractivity contribution is -0.137. The minimum atomic E-state index is -4.51. The van der Waals surface area contributed by atoms with Crippen molar-refractivity contribution in [3.05, 3.63) is 64.2 Å². The Kier molecular flexibility index (Phi) is 3.96.